The lowest BCUT2D eigenvalue weighted by Gasteiger charge is -2.31. The van der Waals surface area contributed by atoms with Crippen molar-refractivity contribution in [2.24, 2.45) is 15.8 Å². The maximum Gasteiger partial charge on any atom is 0.230 e. The number of guanidine groups is 1. The number of ether oxygens (including phenoxy) is 1. The van der Waals surface area contributed by atoms with Crippen LogP contribution in [0.5, 0.6) is 0 Å². The van der Waals surface area contributed by atoms with Crippen LogP contribution in [0.3, 0.4) is 0 Å². The van der Waals surface area contributed by atoms with Gasteiger partial charge in [-0.1, -0.05) is 33.6 Å². The number of halogens is 1. The summed E-state index contributed by atoms with van der Waals surface area (Å²) >= 11 is 0. The second kappa shape index (κ2) is 11.3. The predicted molar refractivity (Wildman–Crippen MR) is 119 cm³/mol. The molecule has 0 saturated heterocycles. The number of rotatable bonds is 7. The third-order valence-corrected chi connectivity index (χ3v) is 5.01. The monoisotopic (exact) mass is 482 g/mol. The quantitative estimate of drug-likeness (QED) is 0.333. The van der Waals surface area contributed by atoms with E-state index < -0.39 is 0 Å². The van der Waals surface area contributed by atoms with Crippen molar-refractivity contribution < 1.29 is 9.53 Å². The van der Waals surface area contributed by atoms with E-state index in [-0.39, 0.29) is 46.8 Å². The minimum absolute atomic E-state index is 0. The molecule has 1 amide bonds. The summed E-state index contributed by atoms with van der Waals surface area (Å²) in [4.78, 5) is 19.1. The average molecular weight is 482 g/mol. The predicted octanol–water partition coefficient (Wildman–Crippen LogP) is 2.87. The largest absolute Gasteiger partial charge is 0.379 e. The first kappa shape index (κ1) is 25.4. The molecule has 26 heavy (non-hydrogen) atoms. The summed E-state index contributed by atoms with van der Waals surface area (Å²) < 4.78 is 5.60. The molecule has 1 unspecified atom stereocenters. The van der Waals surface area contributed by atoms with E-state index in [1.54, 1.807) is 12.0 Å². The highest BCUT2D eigenvalue weighted by molar-refractivity contribution is 14.0. The number of nitrogens with one attached hydrogen (secondary N) is 2. The van der Waals surface area contributed by atoms with Crippen molar-refractivity contribution in [3.8, 4) is 0 Å². The maximum absolute atomic E-state index is 12.7. The zero-order valence-corrected chi connectivity index (χ0v) is 20.0. The van der Waals surface area contributed by atoms with Gasteiger partial charge in [0.15, 0.2) is 5.96 Å². The van der Waals surface area contributed by atoms with E-state index in [2.05, 4.69) is 31.4 Å². The van der Waals surface area contributed by atoms with Crippen molar-refractivity contribution in [2.45, 2.75) is 59.5 Å². The highest BCUT2D eigenvalue weighted by atomic mass is 127. The van der Waals surface area contributed by atoms with Gasteiger partial charge in [0, 0.05) is 34.3 Å². The van der Waals surface area contributed by atoms with Gasteiger partial charge in [-0.2, -0.15) is 0 Å². The molecule has 7 heteroatoms. The van der Waals surface area contributed by atoms with Crippen molar-refractivity contribution >= 4 is 35.8 Å². The van der Waals surface area contributed by atoms with Gasteiger partial charge in [0.05, 0.1) is 18.1 Å². The lowest BCUT2D eigenvalue weighted by atomic mass is 9.85. The van der Waals surface area contributed by atoms with E-state index >= 15 is 0 Å². The number of hydrogen-bond acceptors (Lipinski definition) is 3. The lowest BCUT2D eigenvalue weighted by Crippen LogP contribution is -2.46. The van der Waals surface area contributed by atoms with Gasteiger partial charge in [-0.15, -0.1) is 24.0 Å². The van der Waals surface area contributed by atoms with Crippen LogP contribution in [0.15, 0.2) is 4.99 Å². The summed E-state index contributed by atoms with van der Waals surface area (Å²) in [6.07, 6.45) is 4.15. The van der Waals surface area contributed by atoms with Crippen LogP contribution in [0.1, 0.15) is 53.4 Å². The molecule has 0 spiro atoms. The Morgan fingerprint density at radius 1 is 1.23 bits per heavy atom. The van der Waals surface area contributed by atoms with Gasteiger partial charge < -0.3 is 20.3 Å². The molecular weight excluding hydrogens is 443 g/mol. The highest BCUT2D eigenvalue weighted by Gasteiger charge is 2.42. The van der Waals surface area contributed by atoms with Crippen LogP contribution in [0.2, 0.25) is 0 Å². The first-order valence-electron chi connectivity index (χ1n) is 9.43. The van der Waals surface area contributed by atoms with Gasteiger partial charge in [0.25, 0.3) is 0 Å². The number of aliphatic imine (C=N–C) groups is 1. The third kappa shape index (κ3) is 7.21. The topological polar surface area (TPSA) is 66.0 Å². The molecule has 0 radical (unpaired) electrons. The van der Waals surface area contributed by atoms with Crippen LogP contribution in [-0.4, -0.2) is 63.7 Å². The van der Waals surface area contributed by atoms with Crippen molar-refractivity contribution in [3.05, 3.63) is 0 Å². The molecule has 154 valence electrons. The number of carbonyl (C=O) groups excluding carboxylic acids is 1. The Kier molecular flexibility index (Phi) is 11.1. The summed E-state index contributed by atoms with van der Waals surface area (Å²) in [5.74, 6) is 0.959. The van der Waals surface area contributed by atoms with Crippen molar-refractivity contribution in [3.63, 3.8) is 0 Å². The summed E-state index contributed by atoms with van der Waals surface area (Å²) in [5, 5.41) is 6.66. The molecule has 1 aliphatic rings. The van der Waals surface area contributed by atoms with Crippen LogP contribution < -0.4 is 10.6 Å². The number of methoxy groups -OCH3 is 1. The SMILES string of the molecule is CCNC(=NCC1(C(=O)N(C)C)CCCC1)NCC(OC)C(C)(C)C.I. The zero-order chi connectivity index (χ0) is 19.1. The van der Waals surface area contributed by atoms with E-state index in [4.69, 9.17) is 9.73 Å². The summed E-state index contributed by atoms with van der Waals surface area (Å²) in [6.45, 7) is 10.5. The van der Waals surface area contributed by atoms with Crippen LogP contribution in [-0.2, 0) is 9.53 Å². The van der Waals surface area contributed by atoms with E-state index in [0.717, 1.165) is 38.2 Å². The smallest absolute Gasteiger partial charge is 0.230 e. The van der Waals surface area contributed by atoms with Gasteiger partial charge in [0.2, 0.25) is 5.91 Å². The summed E-state index contributed by atoms with van der Waals surface area (Å²) in [5.41, 5.74) is -0.289. The lowest BCUT2D eigenvalue weighted by molar-refractivity contribution is -0.138. The Morgan fingerprint density at radius 2 is 1.81 bits per heavy atom. The fourth-order valence-corrected chi connectivity index (χ4v) is 3.47. The van der Waals surface area contributed by atoms with Crippen LogP contribution in [0.25, 0.3) is 0 Å². The molecule has 0 aliphatic heterocycles. The first-order chi connectivity index (χ1) is 11.7. The minimum atomic E-state index is -0.337. The minimum Gasteiger partial charge on any atom is -0.379 e. The van der Waals surface area contributed by atoms with E-state index in [0.29, 0.717) is 13.1 Å². The number of nitrogens with zero attached hydrogens (tertiary/aromatic N) is 2. The van der Waals surface area contributed by atoms with Crippen molar-refractivity contribution in [2.75, 3.05) is 40.8 Å². The molecule has 1 rings (SSSR count). The molecule has 1 saturated carbocycles. The Labute approximate surface area is 176 Å². The van der Waals surface area contributed by atoms with Crippen molar-refractivity contribution in [1.29, 1.82) is 0 Å². The molecule has 1 fully saturated rings. The molecule has 0 aromatic rings. The highest BCUT2D eigenvalue weighted by Crippen LogP contribution is 2.39. The Morgan fingerprint density at radius 3 is 2.23 bits per heavy atom. The van der Waals surface area contributed by atoms with Crippen LogP contribution in [0, 0.1) is 10.8 Å². The summed E-state index contributed by atoms with van der Waals surface area (Å²) in [6, 6.07) is 0. The van der Waals surface area contributed by atoms with Crippen LogP contribution >= 0.6 is 24.0 Å². The first-order valence-corrected chi connectivity index (χ1v) is 9.43. The number of hydrogen-bond donors (Lipinski definition) is 2. The zero-order valence-electron chi connectivity index (χ0n) is 17.6. The maximum atomic E-state index is 12.7. The fourth-order valence-electron chi connectivity index (χ4n) is 3.47. The summed E-state index contributed by atoms with van der Waals surface area (Å²) in [7, 11) is 5.41. The Bertz CT molecular complexity index is 455. The molecule has 6 nitrogen and oxygen atoms in total. The molecule has 0 aromatic carbocycles. The van der Waals surface area contributed by atoms with Gasteiger partial charge >= 0.3 is 0 Å². The second-order valence-electron chi connectivity index (χ2n) is 8.35. The van der Waals surface area contributed by atoms with Gasteiger partial charge in [-0.25, -0.2) is 0 Å². The van der Waals surface area contributed by atoms with Gasteiger partial charge in [-0.3, -0.25) is 9.79 Å². The molecule has 0 bridgehead atoms. The van der Waals surface area contributed by atoms with Gasteiger partial charge in [0.1, 0.15) is 0 Å². The normalized spacial score (nSPS) is 18.0. The average Bonchev–Trinajstić information content (AvgIpc) is 3.01. The third-order valence-electron chi connectivity index (χ3n) is 5.01. The van der Waals surface area contributed by atoms with Crippen LogP contribution in [0.4, 0.5) is 0 Å². The molecular formula is C19H39IN4O2. The fraction of sp³-hybridized carbons (Fsp3) is 0.895. The Hall–Kier alpha value is -0.570. The van der Waals surface area contributed by atoms with Crippen molar-refractivity contribution in [1.82, 2.24) is 15.5 Å². The molecule has 0 heterocycles. The van der Waals surface area contributed by atoms with Gasteiger partial charge in [-0.05, 0) is 25.2 Å². The molecule has 1 atom stereocenters. The molecule has 1 aliphatic carbocycles. The number of amides is 1. The van der Waals surface area contributed by atoms with E-state index in [1.807, 2.05) is 21.0 Å². The number of carbonyl (C=O) groups is 1. The molecule has 0 aromatic heterocycles. The van der Waals surface area contributed by atoms with E-state index in [1.165, 1.54) is 0 Å². The second-order valence-corrected chi connectivity index (χ2v) is 8.35. The molecule has 2 N–H and O–H groups in total. The Balaban J connectivity index is 0.00000625. The van der Waals surface area contributed by atoms with E-state index in [9.17, 15) is 4.79 Å². The standard InChI is InChI=1S/C19H38N4O2.HI/c1-8-20-17(21-13-15(25-7)18(2,3)4)22-14-19(11-9-10-12-19)16(24)23(5)6;/h15H,8-14H2,1-7H3,(H2,20,21,22);1H.